The van der Waals surface area contributed by atoms with E-state index in [1.165, 1.54) is 4.88 Å². The molecule has 0 aliphatic rings. The predicted octanol–water partition coefficient (Wildman–Crippen LogP) is 1.39. The lowest BCUT2D eigenvalue weighted by molar-refractivity contribution is 0.355. The van der Waals surface area contributed by atoms with E-state index in [1.54, 1.807) is 11.3 Å². The van der Waals surface area contributed by atoms with Gasteiger partial charge in [0, 0.05) is 17.9 Å². The summed E-state index contributed by atoms with van der Waals surface area (Å²) in [5, 5.41) is 2.07. The summed E-state index contributed by atoms with van der Waals surface area (Å²) >= 11 is 1.76. The van der Waals surface area contributed by atoms with Gasteiger partial charge >= 0.3 is 0 Å². The standard InChI is InChI=1S/C6H7OSSi/c9-7-4-3-6-2-1-5-8-6/h1-2,5H,3-4H2. The largest absolute Gasteiger partial charge is 0.418 e. The molecular formula is C6H7OSSi. The molecule has 0 fully saturated rings. The van der Waals surface area contributed by atoms with Crippen molar-refractivity contribution in [3.05, 3.63) is 22.4 Å². The van der Waals surface area contributed by atoms with Crippen LogP contribution in [-0.4, -0.2) is 17.1 Å². The zero-order chi connectivity index (χ0) is 6.53. The molecule has 0 aromatic carbocycles. The molecule has 0 N–H and O–H groups in total. The van der Waals surface area contributed by atoms with Gasteiger partial charge in [-0.3, -0.25) is 0 Å². The maximum absolute atomic E-state index is 4.73. The van der Waals surface area contributed by atoms with E-state index in [-0.39, 0.29) is 0 Å². The second kappa shape index (κ2) is 3.82. The Labute approximate surface area is 62.2 Å². The maximum Gasteiger partial charge on any atom is 0.246 e. The fourth-order valence-corrected chi connectivity index (χ4v) is 1.40. The Kier molecular flexibility index (Phi) is 2.97. The van der Waals surface area contributed by atoms with Crippen LogP contribution >= 0.6 is 11.3 Å². The third kappa shape index (κ3) is 2.30. The van der Waals surface area contributed by atoms with E-state index in [4.69, 9.17) is 4.43 Å². The third-order valence-corrected chi connectivity index (χ3v) is 2.17. The maximum atomic E-state index is 4.73. The van der Waals surface area contributed by atoms with Crippen molar-refractivity contribution in [1.29, 1.82) is 0 Å². The Morgan fingerprint density at radius 1 is 1.67 bits per heavy atom. The molecule has 3 radical (unpaired) electrons. The minimum atomic E-state index is 0.747. The van der Waals surface area contributed by atoms with E-state index < -0.39 is 0 Å². The van der Waals surface area contributed by atoms with Gasteiger partial charge in [-0.15, -0.1) is 11.3 Å². The van der Waals surface area contributed by atoms with E-state index >= 15 is 0 Å². The minimum absolute atomic E-state index is 0.747. The second-order valence-electron chi connectivity index (χ2n) is 1.68. The molecule has 1 aromatic heterocycles. The van der Waals surface area contributed by atoms with Gasteiger partial charge in [-0.1, -0.05) is 6.07 Å². The molecule has 0 saturated carbocycles. The lowest BCUT2D eigenvalue weighted by Crippen LogP contribution is -1.91. The fourth-order valence-electron chi connectivity index (χ4n) is 0.606. The molecule has 0 unspecified atom stereocenters. The topological polar surface area (TPSA) is 9.23 Å². The molecule has 1 rings (SSSR count). The number of hydrogen-bond donors (Lipinski definition) is 0. The second-order valence-corrected chi connectivity index (χ2v) is 3.00. The Morgan fingerprint density at radius 2 is 2.56 bits per heavy atom. The van der Waals surface area contributed by atoms with Gasteiger partial charge in [-0.05, 0) is 11.4 Å². The van der Waals surface area contributed by atoms with Crippen LogP contribution in [0.3, 0.4) is 0 Å². The lowest BCUT2D eigenvalue weighted by Gasteiger charge is -1.92. The Bertz CT molecular complexity index is 150. The highest BCUT2D eigenvalue weighted by Gasteiger charge is 1.89. The first-order chi connectivity index (χ1) is 4.43. The average molecular weight is 155 g/mol. The van der Waals surface area contributed by atoms with Gasteiger partial charge in [0.1, 0.15) is 0 Å². The van der Waals surface area contributed by atoms with Crippen LogP contribution in [0.5, 0.6) is 0 Å². The predicted molar refractivity (Wildman–Crippen MR) is 39.7 cm³/mol. The SMILES string of the molecule is [Si]OCCc1cccs1. The van der Waals surface area contributed by atoms with Gasteiger partial charge in [0.15, 0.2) is 0 Å². The Hall–Kier alpha value is -0.123. The lowest BCUT2D eigenvalue weighted by atomic mass is 10.4. The van der Waals surface area contributed by atoms with Crippen molar-refractivity contribution in [3.63, 3.8) is 0 Å². The van der Waals surface area contributed by atoms with Crippen LogP contribution < -0.4 is 0 Å². The highest BCUT2D eigenvalue weighted by Crippen LogP contribution is 2.08. The molecular weight excluding hydrogens is 148 g/mol. The molecule has 1 aromatic rings. The molecule has 9 heavy (non-hydrogen) atoms. The zero-order valence-corrected chi connectivity index (χ0v) is 6.78. The molecule has 1 heterocycles. The first-order valence-electron chi connectivity index (χ1n) is 2.74. The van der Waals surface area contributed by atoms with Crippen molar-refractivity contribution in [3.8, 4) is 0 Å². The quantitative estimate of drug-likeness (QED) is 0.599. The van der Waals surface area contributed by atoms with Crippen molar-refractivity contribution in [2.24, 2.45) is 0 Å². The number of rotatable bonds is 3. The molecule has 0 aliphatic heterocycles. The van der Waals surface area contributed by atoms with Crippen molar-refractivity contribution < 1.29 is 4.43 Å². The summed E-state index contributed by atoms with van der Waals surface area (Å²) in [7, 11) is 2.94. The van der Waals surface area contributed by atoms with E-state index in [0.717, 1.165) is 13.0 Å². The van der Waals surface area contributed by atoms with E-state index in [9.17, 15) is 0 Å². The van der Waals surface area contributed by atoms with E-state index in [0.29, 0.717) is 0 Å². The Balaban J connectivity index is 2.30. The van der Waals surface area contributed by atoms with E-state index in [1.807, 2.05) is 6.07 Å². The summed E-state index contributed by atoms with van der Waals surface area (Å²) < 4.78 is 4.73. The number of hydrogen-bond acceptors (Lipinski definition) is 2. The van der Waals surface area contributed by atoms with Crippen LogP contribution in [0.25, 0.3) is 0 Å². The normalized spacial score (nSPS) is 9.89. The zero-order valence-electron chi connectivity index (χ0n) is 4.96. The molecule has 0 spiro atoms. The van der Waals surface area contributed by atoms with Crippen LogP contribution in [0.2, 0.25) is 0 Å². The Morgan fingerprint density at radius 3 is 3.11 bits per heavy atom. The number of thiophene rings is 1. The van der Waals surface area contributed by atoms with Gasteiger partial charge in [-0.2, -0.15) is 0 Å². The van der Waals surface area contributed by atoms with Crippen LogP contribution in [0.1, 0.15) is 4.88 Å². The molecule has 0 amide bonds. The van der Waals surface area contributed by atoms with Crippen molar-refractivity contribution >= 4 is 21.8 Å². The van der Waals surface area contributed by atoms with Gasteiger partial charge in [0.25, 0.3) is 0 Å². The van der Waals surface area contributed by atoms with Crippen LogP contribution in [0.4, 0.5) is 0 Å². The molecule has 47 valence electrons. The summed E-state index contributed by atoms with van der Waals surface area (Å²) in [5.74, 6) is 0. The van der Waals surface area contributed by atoms with Gasteiger partial charge in [-0.25, -0.2) is 0 Å². The molecule has 0 saturated heterocycles. The average Bonchev–Trinajstić information content (AvgIpc) is 2.34. The van der Waals surface area contributed by atoms with Crippen LogP contribution in [-0.2, 0) is 10.8 Å². The minimum Gasteiger partial charge on any atom is -0.418 e. The fraction of sp³-hybridized carbons (Fsp3) is 0.333. The molecule has 1 nitrogen and oxygen atoms in total. The highest BCUT2D eigenvalue weighted by atomic mass is 32.1. The van der Waals surface area contributed by atoms with Gasteiger partial charge in [0.05, 0.1) is 0 Å². The summed E-state index contributed by atoms with van der Waals surface area (Å²) in [6, 6.07) is 4.16. The van der Waals surface area contributed by atoms with Gasteiger partial charge in [0.2, 0.25) is 10.5 Å². The molecule has 3 heteroatoms. The third-order valence-electron chi connectivity index (χ3n) is 1.03. The smallest absolute Gasteiger partial charge is 0.246 e. The monoisotopic (exact) mass is 155 g/mol. The highest BCUT2D eigenvalue weighted by molar-refractivity contribution is 7.09. The molecule has 0 bridgehead atoms. The van der Waals surface area contributed by atoms with Crippen LogP contribution in [0, 0.1) is 0 Å². The first-order valence-corrected chi connectivity index (χ1v) is 4.03. The first kappa shape index (κ1) is 6.99. The summed E-state index contributed by atoms with van der Waals surface area (Å²) in [6.45, 7) is 0.747. The van der Waals surface area contributed by atoms with Crippen molar-refractivity contribution in [2.75, 3.05) is 6.61 Å². The van der Waals surface area contributed by atoms with Crippen LogP contribution in [0.15, 0.2) is 17.5 Å². The van der Waals surface area contributed by atoms with Crippen molar-refractivity contribution in [1.82, 2.24) is 0 Å². The summed E-state index contributed by atoms with van der Waals surface area (Å²) in [5.41, 5.74) is 0. The summed E-state index contributed by atoms with van der Waals surface area (Å²) in [6.07, 6.45) is 1.00. The summed E-state index contributed by atoms with van der Waals surface area (Å²) in [4.78, 5) is 1.37. The van der Waals surface area contributed by atoms with Gasteiger partial charge < -0.3 is 4.43 Å². The van der Waals surface area contributed by atoms with Crippen molar-refractivity contribution in [2.45, 2.75) is 6.42 Å². The molecule has 0 aliphatic carbocycles. The van der Waals surface area contributed by atoms with E-state index in [2.05, 4.69) is 21.9 Å². The molecule has 0 atom stereocenters.